The van der Waals surface area contributed by atoms with Crippen molar-refractivity contribution in [2.75, 3.05) is 19.0 Å². The number of benzene rings is 3. The summed E-state index contributed by atoms with van der Waals surface area (Å²) in [5.74, 6) is 0.124. The number of ether oxygens (including phenoxy) is 2. The highest BCUT2D eigenvalue weighted by Gasteiger charge is 2.35. The number of amides is 4. The Morgan fingerprint density at radius 2 is 1.70 bits per heavy atom. The van der Waals surface area contributed by atoms with Gasteiger partial charge in [-0.1, -0.05) is 24.3 Å². The normalized spacial score (nSPS) is 14.1. The van der Waals surface area contributed by atoms with E-state index in [-0.39, 0.29) is 5.70 Å². The Labute approximate surface area is 254 Å². The molecule has 1 saturated heterocycles. The summed E-state index contributed by atoms with van der Waals surface area (Å²) < 4.78 is 14.2. The fourth-order valence-electron chi connectivity index (χ4n) is 3.50. The van der Waals surface area contributed by atoms with E-state index in [2.05, 4.69) is 78.4 Å². The molecule has 190 valence electrons. The summed E-state index contributed by atoms with van der Waals surface area (Å²) in [7, 11) is 1.49. The second-order valence-corrected chi connectivity index (χ2v) is 11.4. The van der Waals surface area contributed by atoms with Crippen LogP contribution in [0, 0.1) is 10.7 Å². The SMILES string of the molecule is COc1ccccc1NC(=O)CN1C(=O)N/C(=C/c2cc(I)c(OCc3ccc(I)cc3)c(I)c2)C1=O. The van der Waals surface area contributed by atoms with Crippen molar-refractivity contribution >= 4 is 97.4 Å². The number of imide groups is 1. The van der Waals surface area contributed by atoms with Gasteiger partial charge in [-0.2, -0.15) is 0 Å². The van der Waals surface area contributed by atoms with Crippen molar-refractivity contribution in [2.24, 2.45) is 0 Å². The van der Waals surface area contributed by atoms with Crippen molar-refractivity contribution < 1.29 is 23.9 Å². The molecule has 4 rings (SSSR count). The van der Waals surface area contributed by atoms with Gasteiger partial charge in [0.15, 0.2) is 0 Å². The number of para-hydroxylation sites is 2. The molecule has 0 unspecified atom stereocenters. The molecule has 3 aromatic carbocycles. The minimum Gasteiger partial charge on any atom is -0.495 e. The zero-order valence-corrected chi connectivity index (χ0v) is 25.9. The number of nitrogens with one attached hydrogen (secondary N) is 2. The van der Waals surface area contributed by atoms with Crippen molar-refractivity contribution in [1.29, 1.82) is 0 Å². The van der Waals surface area contributed by atoms with Crippen LogP contribution >= 0.6 is 67.8 Å². The van der Waals surface area contributed by atoms with E-state index in [9.17, 15) is 14.4 Å². The first kappa shape index (κ1) is 27.6. The van der Waals surface area contributed by atoms with Crippen LogP contribution in [0.25, 0.3) is 6.08 Å². The van der Waals surface area contributed by atoms with Gasteiger partial charge >= 0.3 is 6.03 Å². The van der Waals surface area contributed by atoms with Crippen LogP contribution in [-0.2, 0) is 16.2 Å². The third kappa shape index (κ3) is 6.93. The molecule has 37 heavy (non-hydrogen) atoms. The van der Waals surface area contributed by atoms with Gasteiger partial charge in [0, 0.05) is 3.57 Å². The van der Waals surface area contributed by atoms with Gasteiger partial charge in [-0.3, -0.25) is 9.59 Å². The summed E-state index contributed by atoms with van der Waals surface area (Å²) in [6.45, 7) is 0.00419. The minimum absolute atomic E-state index is 0.0919. The molecule has 1 aliphatic rings. The van der Waals surface area contributed by atoms with Gasteiger partial charge in [-0.05, 0) is 121 Å². The maximum absolute atomic E-state index is 12.9. The third-order valence-electron chi connectivity index (χ3n) is 5.27. The number of hydrogen-bond acceptors (Lipinski definition) is 5. The van der Waals surface area contributed by atoms with Gasteiger partial charge in [0.2, 0.25) is 5.91 Å². The van der Waals surface area contributed by atoms with Crippen LogP contribution in [0.3, 0.4) is 0 Å². The van der Waals surface area contributed by atoms with E-state index in [0.717, 1.165) is 32.5 Å². The predicted octanol–water partition coefficient (Wildman–Crippen LogP) is 5.62. The average Bonchev–Trinajstić information content (AvgIpc) is 3.12. The highest BCUT2D eigenvalue weighted by Crippen LogP contribution is 2.31. The number of halogens is 3. The van der Waals surface area contributed by atoms with Crippen molar-refractivity contribution in [3.05, 3.63) is 88.2 Å². The first-order valence-corrected chi connectivity index (χ1v) is 14.1. The zero-order valence-electron chi connectivity index (χ0n) is 19.4. The number of carbonyl (C=O) groups is 3. The molecule has 3 aromatic rings. The van der Waals surface area contributed by atoms with Crippen molar-refractivity contribution in [1.82, 2.24) is 10.2 Å². The number of rotatable bonds is 8. The lowest BCUT2D eigenvalue weighted by Crippen LogP contribution is -2.38. The van der Waals surface area contributed by atoms with E-state index in [1.807, 2.05) is 36.4 Å². The molecule has 0 aromatic heterocycles. The van der Waals surface area contributed by atoms with E-state index in [4.69, 9.17) is 9.47 Å². The largest absolute Gasteiger partial charge is 0.495 e. The monoisotopic (exact) mass is 835 g/mol. The summed E-state index contributed by atoms with van der Waals surface area (Å²) >= 11 is 6.63. The maximum Gasteiger partial charge on any atom is 0.329 e. The van der Waals surface area contributed by atoms with E-state index < -0.39 is 24.4 Å². The molecule has 1 aliphatic heterocycles. The fourth-order valence-corrected chi connectivity index (χ4v) is 5.99. The Kier molecular flexibility index (Phi) is 9.28. The minimum atomic E-state index is -0.659. The standard InChI is InChI=1S/C26H20I3N3O5/c1-36-22-5-3-2-4-20(22)30-23(33)13-32-25(34)21(31-26(32)35)12-16-10-18(28)24(19(29)11-16)37-14-15-6-8-17(27)9-7-15/h2-12H,13-14H2,1H3,(H,30,33)(H,31,35)/b21-12+. The van der Waals surface area contributed by atoms with Crippen LogP contribution in [0.1, 0.15) is 11.1 Å². The zero-order chi connectivity index (χ0) is 26.5. The molecular weight excluding hydrogens is 815 g/mol. The lowest BCUT2D eigenvalue weighted by molar-refractivity contribution is -0.127. The van der Waals surface area contributed by atoms with Gasteiger partial charge in [0.05, 0.1) is 19.9 Å². The van der Waals surface area contributed by atoms with Crippen LogP contribution in [0.5, 0.6) is 11.5 Å². The Balaban J connectivity index is 1.44. The van der Waals surface area contributed by atoms with Gasteiger partial charge in [0.25, 0.3) is 5.91 Å². The number of anilines is 1. The lowest BCUT2D eigenvalue weighted by Gasteiger charge is -2.13. The number of urea groups is 1. The topological polar surface area (TPSA) is 97.0 Å². The van der Waals surface area contributed by atoms with Gasteiger partial charge < -0.3 is 20.1 Å². The quantitative estimate of drug-likeness (QED) is 0.175. The van der Waals surface area contributed by atoms with Crippen molar-refractivity contribution in [2.45, 2.75) is 6.61 Å². The molecule has 2 N–H and O–H groups in total. The Morgan fingerprint density at radius 1 is 1.03 bits per heavy atom. The van der Waals surface area contributed by atoms with Gasteiger partial charge in [-0.25, -0.2) is 9.69 Å². The van der Waals surface area contributed by atoms with Crippen molar-refractivity contribution in [3.63, 3.8) is 0 Å². The summed E-state index contributed by atoms with van der Waals surface area (Å²) in [5.41, 5.74) is 2.33. The number of hydrogen-bond donors (Lipinski definition) is 2. The summed E-state index contributed by atoms with van der Waals surface area (Å²) in [5, 5.41) is 5.22. The molecule has 8 nitrogen and oxygen atoms in total. The first-order chi connectivity index (χ1) is 17.7. The van der Waals surface area contributed by atoms with E-state index in [0.29, 0.717) is 18.0 Å². The van der Waals surface area contributed by atoms with E-state index >= 15 is 0 Å². The highest BCUT2D eigenvalue weighted by atomic mass is 127. The van der Waals surface area contributed by atoms with Crippen LogP contribution in [-0.4, -0.2) is 36.4 Å². The summed E-state index contributed by atoms with van der Waals surface area (Å²) in [6, 6.07) is 18.1. The molecule has 1 fully saturated rings. The molecule has 0 atom stereocenters. The van der Waals surface area contributed by atoms with E-state index in [1.54, 1.807) is 30.3 Å². The smallest absolute Gasteiger partial charge is 0.329 e. The number of nitrogens with zero attached hydrogens (tertiary/aromatic N) is 1. The number of methoxy groups -OCH3 is 1. The summed E-state index contributed by atoms with van der Waals surface area (Å²) in [6.07, 6.45) is 1.59. The van der Waals surface area contributed by atoms with Gasteiger partial charge in [-0.15, -0.1) is 0 Å². The molecule has 1 heterocycles. The molecule has 0 saturated carbocycles. The van der Waals surface area contributed by atoms with Crippen LogP contribution in [0.15, 0.2) is 66.4 Å². The Bertz CT molecular complexity index is 1370. The van der Waals surface area contributed by atoms with Crippen LogP contribution in [0.4, 0.5) is 10.5 Å². The maximum atomic E-state index is 12.9. The van der Waals surface area contributed by atoms with Crippen LogP contribution < -0.4 is 20.1 Å². The molecule has 4 amide bonds. The fraction of sp³-hybridized carbons (Fsp3) is 0.115. The molecule has 0 radical (unpaired) electrons. The van der Waals surface area contributed by atoms with Crippen molar-refractivity contribution in [3.8, 4) is 11.5 Å². The molecular formula is C26H20I3N3O5. The van der Waals surface area contributed by atoms with E-state index in [1.165, 1.54) is 7.11 Å². The highest BCUT2D eigenvalue weighted by molar-refractivity contribution is 14.1. The summed E-state index contributed by atoms with van der Waals surface area (Å²) in [4.78, 5) is 38.7. The predicted molar refractivity (Wildman–Crippen MR) is 165 cm³/mol. The molecule has 11 heteroatoms. The third-order valence-corrected chi connectivity index (χ3v) is 7.59. The lowest BCUT2D eigenvalue weighted by atomic mass is 10.2. The molecule has 0 spiro atoms. The number of carbonyl (C=O) groups excluding carboxylic acids is 3. The second kappa shape index (κ2) is 12.4. The Hall–Kier alpha value is -2.40. The van der Waals surface area contributed by atoms with Crippen LogP contribution in [0.2, 0.25) is 0 Å². The molecule has 0 aliphatic carbocycles. The first-order valence-electron chi connectivity index (χ1n) is 10.9. The average molecular weight is 835 g/mol. The second-order valence-electron chi connectivity index (χ2n) is 7.86. The van der Waals surface area contributed by atoms with Gasteiger partial charge in [0.1, 0.15) is 30.3 Å². The Morgan fingerprint density at radius 3 is 2.38 bits per heavy atom. The molecule has 0 bridgehead atoms.